The second-order valence-electron chi connectivity index (χ2n) is 7.79. The third-order valence-electron chi connectivity index (χ3n) is 5.35. The number of imidazole rings is 1. The number of unbranched alkanes of at least 4 members (excludes halogenated alkanes) is 1. The van der Waals surface area contributed by atoms with E-state index in [4.69, 9.17) is 5.11 Å². The summed E-state index contributed by atoms with van der Waals surface area (Å²) in [7, 11) is 0. The van der Waals surface area contributed by atoms with E-state index in [0.29, 0.717) is 24.4 Å². The summed E-state index contributed by atoms with van der Waals surface area (Å²) in [6.07, 6.45) is 5.11. The average Bonchev–Trinajstić information content (AvgIpc) is 3.20. The van der Waals surface area contributed by atoms with Crippen molar-refractivity contribution in [2.45, 2.75) is 45.2 Å². The molecular formula is C25H29N3O3S. The van der Waals surface area contributed by atoms with E-state index in [0.717, 1.165) is 36.2 Å². The molecule has 7 heteroatoms. The normalized spacial score (nSPS) is 11.8. The third kappa shape index (κ3) is 6.23. The zero-order chi connectivity index (χ0) is 22.9. The van der Waals surface area contributed by atoms with Gasteiger partial charge in [-0.1, -0.05) is 55.8 Å². The van der Waals surface area contributed by atoms with Crippen molar-refractivity contribution in [1.82, 2.24) is 14.9 Å². The summed E-state index contributed by atoms with van der Waals surface area (Å²) >= 11 is 4.43. The summed E-state index contributed by atoms with van der Waals surface area (Å²) in [5, 5.41) is 12.2. The summed E-state index contributed by atoms with van der Waals surface area (Å²) in [4.78, 5) is 28.8. The summed E-state index contributed by atoms with van der Waals surface area (Å²) in [5.41, 5.74) is 2.79. The largest absolute Gasteiger partial charge is 0.478 e. The van der Waals surface area contributed by atoms with Crippen LogP contribution >= 0.6 is 12.6 Å². The Labute approximate surface area is 194 Å². The van der Waals surface area contributed by atoms with Gasteiger partial charge in [-0.3, -0.25) is 4.79 Å². The molecule has 0 aliphatic carbocycles. The number of carbonyl (C=O) groups excluding carboxylic acids is 1. The van der Waals surface area contributed by atoms with Crippen LogP contribution in [0.4, 0.5) is 0 Å². The highest BCUT2D eigenvalue weighted by Gasteiger charge is 2.20. The van der Waals surface area contributed by atoms with Crippen LogP contribution in [0, 0.1) is 0 Å². The van der Waals surface area contributed by atoms with Crippen molar-refractivity contribution < 1.29 is 14.7 Å². The number of aromatic carboxylic acids is 1. The van der Waals surface area contributed by atoms with E-state index in [9.17, 15) is 9.59 Å². The van der Waals surface area contributed by atoms with Crippen LogP contribution in [0.5, 0.6) is 0 Å². The molecule has 2 aromatic carbocycles. The SMILES string of the molecule is CCCCc1ncc(C(=O)N[C@@H](CS)Cc2ccccc2)n1Cc1ccc(C(=O)O)cc1. The first-order chi connectivity index (χ1) is 15.5. The molecule has 168 valence electrons. The number of hydrogen-bond acceptors (Lipinski definition) is 4. The number of benzene rings is 2. The Morgan fingerprint density at radius 2 is 1.81 bits per heavy atom. The summed E-state index contributed by atoms with van der Waals surface area (Å²) in [6.45, 7) is 2.57. The molecule has 0 aliphatic heterocycles. The van der Waals surface area contributed by atoms with Crippen LogP contribution in [0.15, 0.2) is 60.8 Å². The van der Waals surface area contributed by atoms with Gasteiger partial charge < -0.3 is 15.0 Å². The highest BCUT2D eigenvalue weighted by Crippen LogP contribution is 2.15. The van der Waals surface area contributed by atoms with Crippen LogP contribution in [-0.2, 0) is 19.4 Å². The number of carbonyl (C=O) groups is 2. The van der Waals surface area contributed by atoms with E-state index in [2.05, 4.69) is 29.9 Å². The van der Waals surface area contributed by atoms with Gasteiger partial charge in [0.1, 0.15) is 11.5 Å². The van der Waals surface area contributed by atoms with Crippen LogP contribution in [0.2, 0.25) is 0 Å². The zero-order valence-corrected chi connectivity index (χ0v) is 19.1. The van der Waals surface area contributed by atoms with Crippen LogP contribution in [0.25, 0.3) is 0 Å². The molecule has 1 amide bonds. The molecule has 0 saturated heterocycles. The fraction of sp³-hybridized carbons (Fsp3) is 0.320. The van der Waals surface area contributed by atoms with E-state index in [1.807, 2.05) is 34.9 Å². The predicted octanol–water partition coefficient (Wildman–Crippen LogP) is 4.24. The maximum atomic E-state index is 13.2. The van der Waals surface area contributed by atoms with E-state index < -0.39 is 5.97 Å². The number of aryl methyl sites for hydroxylation is 1. The molecule has 0 saturated carbocycles. The number of rotatable bonds is 11. The number of amides is 1. The Morgan fingerprint density at radius 1 is 1.09 bits per heavy atom. The van der Waals surface area contributed by atoms with Gasteiger partial charge in [0.2, 0.25) is 0 Å². The Bertz CT molecular complexity index is 1030. The number of hydrogen-bond donors (Lipinski definition) is 3. The number of carboxylic acid groups (broad SMARTS) is 1. The lowest BCUT2D eigenvalue weighted by Gasteiger charge is -2.18. The van der Waals surface area contributed by atoms with Crippen LogP contribution in [0.1, 0.15) is 57.6 Å². The van der Waals surface area contributed by atoms with E-state index in [1.54, 1.807) is 30.5 Å². The lowest BCUT2D eigenvalue weighted by Crippen LogP contribution is -2.39. The predicted molar refractivity (Wildman–Crippen MR) is 129 cm³/mol. The maximum Gasteiger partial charge on any atom is 0.335 e. The summed E-state index contributed by atoms with van der Waals surface area (Å²) in [6, 6.07) is 16.6. The molecule has 32 heavy (non-hydrogen) atoms. The molecule has 3 aromatic rings. The number of carboxylic acids is 1. The van der Waals surface area contributed by atoms with Gasteiger partial charge >= 0.3 is 5.97 Å². The van der Waals surface area contributed by atoms with Crippen molar-refractivity contribution in [2.24, 2.45) is 0 Å². The van der Waals surface area contributed by atoms with Gasteiger partial charge in [-0.05, 0) is 36.1 Å². The standard InChI is InChI=1S/C25H29N3O3S/c1-2-3-9-23-26-15-22(28(23)16-19-10-12-20(13-11-19)25(30)31)24(29)27-21(17-32)14-18-7-5-4-6-8-18/h4-8,10-13,15,21,32H,2-3,9,14,16-17H2,1H3,(H,27,29)(H,30,31)/t21-/m1/s1. The minimum absolute atomic E-state index is 0.106. The minimum atomic E-state index is -0.959. The minimum Gasteiger partial charge on any atom is -0.478 e. The first-order valence-electron chi connectivity index (χ1n) is 10.8. The van der Waals surface area contributed by atoms with Gasteiger partial charge in [-0.25, -0.2) is 9.78 Å². The Morgan fingerprint density at radius 3 is 2.44 bits per heavy atom. The first-order valence-corrected chi connectivity index (χ1v) is 11.5. The molecule has 3 rings (SSSR count). The van der Waals surface area contributed by atoms with E-state index in [-0.39, 0.29) is 17.5 Å². The summed E-state index contributed by atoms with van der Waals surface area (Å²) < 4.78 is 1.93. The van der Waals surface area contributed by atoms with E-state index in [1.165, 1.54) is 0 Å². The van der Waals surface area contributed by atoms with Crippen molar-refractivity contribution in [2.75, 3.05) is 5.75 Å². The molecule has 1 aromatic heterocycles. The first kappa shape index (κ1) is 23.6. The molecule has 2 N–H and O–H groups in total. The van der Waals surface area contributed by atoms with Gasteiger partial charge in [0.15, 0.2) is 0 Å². The fourth-order valence-corrected chi connectivity index (χ4v) is 3.78. The highest BCUT2D eigenvalue weighted by atomic mass is 32.1. The van der Waals surface area contributed by atoms with Gasteiger partial charge in [0.05, 0.1) is 11.8 Å². The lowest BCUT2D eigenvalue weighted by atomic mass is 10.1. The zero-order valence-electron chi connectivity index (χ0n) is 18.2. The van der Waals surface area contributed by atoms with Crippen molar-refractivity contribution in [3.05, 3.63) is 89.0 Å². The quantitative estimate of drug-likeness (QED) is 0.381. The van der Waals surface area contributed by atoms with E-state index >= 15 is 0 Å². The van der Waals surface area contributed by atoms with Crippen molar-refractivity contribution in [1.29, 1.82) is 0 Å². The molecule has 1 atom stereocenters. The topological polar surface area (TPSA) is 84.2 Å². The maximum absolute atomic E-state index is 13.2. The average molecular weight is 452 g/mol. The number of nitrogens with zero attached hydrogens (tertiary/aromatic N) is 2. The van der Waals surface area contributed by atoms with Gasteiger partial charge in [-0.2, -0.15) is 12.6 Å². The third-order valence-corrected chi connectivity index (χ3v) is 5.79. The lowest BCUT2D eigenvalue weighted by molar-refractivity contribution is 0.0696. The molecule has 0 aliphatic rings. The fourth-order valence-electron chi connectivity index (χ4n) is 3.56. The Balaban J connectivity index is 1.80. The van der Waals surface area contributed by atoms with Gasteiger partial charge in [-0.15, -0.1) is 0 Å². The molecule has 6 nitrogen and oxygen atoms in total. The number of nitrogens with one attached hydrogen (secondary N) is 1. The molecule has 0 bridgehead atoms. The van der Waals surface area contributed by atoms with Crippen molar-refractivity contribution >= 4 is 24.5 Å². The second kappa shape index (κ2) is 11.5. The number of aromatic nitrogens is 2. The van der Waals surface area contributed by atoms with Gasteiger partial charge in [0.25, 0.3) is 5.91 Å². The molecule has 0 fully saturated rings. The molecule has 0 spiro atoms. The molecular weight excluding hydrogens is 422 g/mol. The highest BCUT2D eigenvalue weighted by molar-refractivity contribution is 7.80. The van der Waals surface area contributed by atoms with Gasteiger partial charge in [0, 0.05) is 24.8 Å². The second-order valence-corrected chi connectivity index (χ2v) is 8.16. The monoisotopic (exact) mass is 451 g/mol. The van der Waals surface area contributed by atoms with Crippen molar-refractivity contribution in [3.63, 3.8) is 0 Å². The van der Waals surface area contributed by atoms with Crippen LogP contribution in [0.3, 0.4) is 0 Å². The smallest absolute Gasteiger partial charge is 0.335 e. The van der Waals surface area contributed by atoms with Crippen molar-refractivity contribution in [3.8, 4) is 0 Å². The Kier molecular flexibility index (Phi) is 8.50. The summed E-state index contributed by atoms with van der Waals surface area (Å²) in [5.74, 6) is 0.231. The van der Waals surface area contributed by atoms with Crippen LogP contribution in [-0.4, -0.2) is 38.3 Å². The number of thiol groups is 1. The molecule has 0 unspecified atom stereocenters. The molecule has 1 heterocycles. The molecule has 0 radical (unpaired) electrons. The Hall–Kier alpha value is -3.06. The van der Waals surface area contributed by atoms with Crippen LogP contribution < -0.4 is 5.32 Å².